The second-order valence-corrected chi connectivity index (χ2v) is 4.51. The summed E-state index contributed by atoms with van der Waals surface area (Å²) in [5.41, 5.74) is 1.07. The highest BCUT2D eigenvalue weighted by atomic mass is 16.6. The molecule has 0 aliphatic carbocycles. The van der Waals surface area contributed by atoms with Crippen LogP contribution < -0.4 is 10.6 Å². The number of nitrogens with one attached hydrogen (secondary N) is 2. The minimum Gasteiger partial charge on any atom is -0.382 e. The van der Waals surface area contributed by atoms with E-state index in [4.69, 9.17) is 0 Å². The number of nitro groups is 1. The Morgan fingerprint density at radius 2 is 2.20 bits per heavy atom. The van der Waals surface area contributed by atoms with Crippen molar-refractivity contribution in [1.29, 1.82) is 0 Å². The van der Waals surface area contributed by atoms with E-state index < -0.39 is 0 Å². The topological polar surface area (TPSA) is 85.0 Å². The normalized spacial score (nSPS) is 11.9. The number of benzene rings is 1. The van der Waals surface area contributed by atoms with Crippen molar-refractivity contribution < 1.29 is 4.92 Å². The van der Waals surface area contributed by atoms with Crippen molar-refractivity contribution >= 4 is 17.1 Å². The molecule has 2 aromatic rings. The van der Waals surface area contributed by atoms with Crippen LogP contribution in [0.3, 0.4) is 0 Å². The summed E-state index contributed by atoms with van der Waals surface area (Å²) in [4.78, 5) is 14.8. The van der Waals surface area contributed by atoms with E-state index in [2.05, 4.69) is 15.6 Å². The van der Waals surface area contributed by atoms with Gasteiger partial charge in [0, 0.05) is 32.0 Å². The molecule has 1 unspecified atom stereocenters. The second-order valence-electron chi connectivity index (χ2n) is 4.51. The standard InChI is InChI=1S/C13H17N5O2/c1-10(8-17-7-6-15-9-17)16-12-5-3-4-11(14-2)13(12)18(19)20/h3-7,9-10,14,16H,8H2,1-2H3. The quantitative estimate of drug-likeness (QED) is 0.624. The lowest BCUT2D eigenvalue weighted by Crippen LogP contribution is -2.22. The van der Waals surface area contributed by atoms with Crippen molar-refractivity contribution in [2.75, 3.05) is 17.7 Å². The van der Waals surface area contributed by atoms with Gasteiger partial charge in [-0.2, -0.15) is 0 Å². The number of hydrogen-bond donors (Lipinski definition) is 2. The molecule has 1 atom stereocenters. The van der Waals surface area contributed by atoms with Crippen LogP contribution in [0.5, 0.6) is 0 Å². The van der Waals surface area contributed by atoms with E-state index in [1.54, 1.807) is 37.8 Å². The van der Waals surface area contributed by atoms with Crippen LogP contribution in [0.25, 0.3) is 0 Å². The predicted octanol–water partition coefficient (Wildman–Crippen LogP) is 2.33. The highest BCUT2D eigenvalue weighted by Gasteiger charge is 2.19. The molecule has 2 rings (SSSR count). The lowest BCUT2D eigenvalue weighted by molar-refractivity contribution is -0.383. The van der Waals surface area contributed by atoms with Gasteiger partial charge in [0.1, 0.15) is 11.4 Å². The Hall–Kier alpha value is -2.57. The maximum Gasteiger partial charge on any atom is 0.315 e. The van der Waals surface area contributed by atoms with Crippen LogP contribution in [0, 0.1) is 10.1 Å². The zero-order chi connectivity index (χ0) is 14.5. The van der Waals surface area contributed by atoms with Crippen LogP contribution in [-0.2, 0) is 6.54 Å². The summed E-state index contributed by atoms with van der Waals surface area (Å²) in [7, 11) is 1.67. The lowest BCUT2D eigenvalue weighted by atomic mass is 10.2. The molecular formula is C13H17N5O2. The molecule has 0 amide bonds. The van der Waals surface area contributed by atoms with Crippen LogP contribution in [0.1, 0.15) is 6.92 Å². The Bertz CT molecular complexity index is 582. The van der Waals surface area contributed by atoms with Gasteiger partial charge in [0.15, 0.2) is 0 Å². The summed E-state index contributed by atoms with van der Waals surface area (Å²) < 4.78 is 1.92. The first kappa shape index (κ1) is 13.9. The Morgan fingerprint density at radius 1 is 1.45 bits per heavy atom. The van der Waals surface area contributed by atoms with E-state index in [0.717, 1.165) is 0 Å². The predicted molar refractivity (Wildman–Crippen MR) is 78.0 cm³/mol. The molecule has 0 radical (unpaired) electrons. The number of aromatic nitrogens is 2. The van der Waals surface area contributed by atoms with Gasteiger partial charge in [-0.3, -0.25) is 10.1 Å². The largest absolute Gasteiger partial charge is 0.382 e. The molecule has 1 aromatic carbocycles. The number of para-hydroxylation sites is 1. The summed E-state index contributed by atoms with van der Waals surface area (Å²) in [6.45, 7) is 2.65. The zero-order valence-corrected chi connectivity index (χ0v) is 11.4. The Labute approximate surface area is 116 Å². The zero-order valence-electron chi connectivity index (χ0n) is 11.4. The third-order valence-electron chi connectivity index (χ3n) is 2.93. The molecule has 0 saturated carbocycles. The number of imidazole rings is 1. The first-order valence-corrected chi connectivity index (χ1v) is 6.29. The van der Waals surface area contributed by atoms with Crippen LogP contribution in [0.4, 0.5) is 17.1 Å². The fraction of sp³-hybridized carbons (Fsp3) is 0.308. The number of nitrogens with zero attached hydrogens (tertiary/aromatic N) is 3. The molecule has 106 valence electrons. The molecule has 0 bridgehead atoms. The van der Waals surface area contributed by atoms with E-state index in [-0.39, 0.29) is 16.7 Å². The lowest BCUT2D eigenvalue weighted by Gasteiger charge is -2.16. The summed E-state index contributed by atoms with van der Waals surface area (Å²) in [5.74, 6) is 0. The maximum absolute atomic E-state index is 11.2. The second kappa shape index (κ2) is 6.05. The third kappa shape index (κ3) is 3.05. The molecular weight excluding hydrogens is 258 g/mol. The minimum atomic E-state index is -0.377. The van der Waals surface area contributed by atoms with Crippen LogP contribution >= 0.6 is 0 Å². The van der Waals surface area contributed by atoms with Crippen molar-refractivity contribution in [2.45, 2.75) is 19.5 Å². The van der Waals surface area contributed by atoms with Crippen molar-refractivity contribution in [3.8, 4) is 0 Å². The van der Waals surface area contributed by atoms with Crippen molar-refractivity contribution in [3.05, 3.63) is 47.0 Å². The van der Waals surface area contributed by atoms with Gasteiger partial charge in [0.2, 0.25) is 0 Å². The monoisotopic (exact) mass is 275 g/mol. The number of nitro benzene ring substituents is 1. The summed E-state index contributed by atoms with van der Waals surface area (Å²) >= 11 is 0. The molecule has 2 N–H and O–H groups in total. The molecule has 0 aliphatic heterocycles. The molecule has 0 fully saturated rings. The summed E-state index contributed by atoms with van der Waals surface area (Å²) in [5, 5.41) is 17.2. The molecule has 20 heavy (non-hydrogen) atoms. The third-order valence-corrected chi connectivity index (χ3v) is 2.93. The Morgan fingerprint density at radius 3 is 2.80 bits per heavy atom. The molecule has 1 aromatic heterocycles. The summed E-state index contributed by atoms with van der Waals surface area (Å²) in [6.07, 6.45) is 5.28. The van der Waals surface area contributed by atoms with Gasteiger partial charge in [-0.05, 0) is 19.1 Å². The molecule has 7 heteroatoms. The van der Waals surface area contributed by atoms with E-state index in [0.29, 0.717) is 17.9 Å². The van der Waals surface area contributed by atoms with Crippen LogP contribution in [-0.4, -0.2) is 27.6 Å². The molecule has 0 spiro atoms. The minimum absolute atomic E-state index is 0.0370. The van der Waals surface area contributed by atoms with Crippen molar-refractivity contribution in [1.82, 2.24) is 9.55 Å². The number of anilines is 2. The number of rotatable bonds is 6. The smallest absolute Gasteiger partial charge is 0.315 e. The fourth-order valence-corrected chi connectivity index (χ4v) is 2.08. The highest BCUT2D eigenvalue weighted by Crippen LogP contribution is 2.32. The van der Waals surface area contributed by atoms with Crippen molar-refractivity contribution in [3.63, 3.8) is 0 Å². The average Bonchev–Trinajstić information content (AvgIpc) is 2.90. The first-order chi connectivity index (χ1) is 9.61. The Kier molecular flexibility index (Phi) is 4.19. The fourth-order valence-electron chi connectivity index (χ4n) is 2.08. The SMILES string of the molecule is CNc1cccc(NC(C)Cn2ccnc2)c1[N+](=O)[O-]. The van der Waals surface area contributed by atoms with Gasteiger partial charge >= 0.3 is 5.69 Å². The van der Waals surface area contributed by atoms with Crippen molar-refractivity contribution in [2.24, 2.45) is 0 Å². The maximum atomic E-state index is 11.2. The molecule has 7 nitrogen and oxygen atoms in total. The Balaban J connectivity index is 2.18. The van der Waals surface area contributed by atoms with Gasteiger partial charge < -0.3 is 15.2 Å². The van der Waals surface area contributed by atoms with E-state index in [1.807, 2.05) is 17.7 Å². The van der Waals surface area contributed by atoms with E-state index >= 15 is 0 Å². The van der Waals surface area contributed by atoms with Crippen LogP contribution in [0.2, 0.25) is 0 Å². The first-order valence-electron chi connectivity index (χ1n) is 6.29. The van der Waals surface area contributed by atoms with Gasteiger partial charge in [0.25, 0.3) is 0 Å². The van der Waals surface area contributed by atoms with Crippen LogP contribution in [0.15, 0.2) is 36.9 Å². The van der Waals surface area contributed by atoms with E-state index in [1.165, 1.54) is 0 Å². The van der Waals surface area contributed by atoms with Gasteiger partial charge in [-0.1, -0.05) is 6.07 Å². The number of hydrogen-bond acceptors (Lipinski definition) is 5. The molecule has 0 aliphatic rings. The molecule has 1 heterocycles. The summed E-state index contributed by atoms with van der Waals surface area (Å²) in [6, 6.07) is 5.22. The van der Waals surface area contributed by atoms with Gasteiger partial charge in [0.05, 0.1) is 11.3 Å². The average molecular weight is 275 g/mol. The van der Waals surface area contributed by atoms with E-state index in [9.17, 15) is 10.1 Å². The van der Waals surface area contributed by atoms with Gasteiger partial charge in [-0.25, -0.2) is 4.98 Å². The molecule has 0 saturated heterocycles. The highest BCUT2D eigenvalue weighted by molar-refractivity contribution is 5.76. The van der Waals surface area contributed by atoms with Gasteiger partial charge in [-0.15, -0.1) is 0 Å².